The first-order valence-electron chi connectivity index (χ1n) is 2.70. The van der Waals surface area contributed by atoms with E-state index in [9.17, 15) is 0 Å². The van der Waals surface area contributed by atoms with Crippen molar-refractivity contribution in [3.8, 4) is 0 Å². The quantitative estimate of drug-likeness (QED) is 0.359. The van der Waals surface area contributed by atoms with Crippen molar-refractivity contribution in [3.63, 3.8) is 0 Å². The molecule has 4 heteroatoms. The normalized spacial score (nSPS) is 10.1. The highest BCUT2D eigenvalue weighted by atomic mass is 32.1. The van der Waals surface area contributed by atoms with Gasteiger partial charge in [-0.1, -0.05) is 0 Å². The maximum atomic E-state index is 4.99. The lowest BCUT2D eigenvalue weighted by atomic mass is 10.5. The molecule has 0 fully saturated rings. The molecule has 0 unspecified atom stereocenters. The molecule has 0 aromatic carbocycles. The van der Waals surface area contributed by atoms with Gasteiger partial charge in [-0.25, -0.2) is 0 Å². The predicted octanol–water partition coefficient (Wildman–Crippen LogP) is -0.541. The number of nitrogens with zero attached hydrogens (tertiary/aromatic N) is 3. The Labute approximate surface area is 59.7 Å². The van der Waals surface area contributed by atoms with Crippen molar-refractivity contribution in [2.24, 2.45) is 14.1 Å². The molecule has 1 aromatic rings. The van der Waals surface area contributed by atoms with E-state index in [-0.39, 0.29) is 0 Å². The van der Waals surface area contributed by atoms with Crippen molar-refractivity contribution in [3.05, 3.63) is 5.69 Å². The molecule has 0 bridgehead atoms. The maximum Gasteiger partial charge on any atom is 0.144 e. The first kappa shape index (κ1) is 6.48. The molecule has 0 aliphatic rings. The van der Waals surface area contributed by atoms with Crippen LogP contribution < -0.4 is 4.68 Å². The van der Waals surface area contributed by atoms with Gasteiger partial charge >= 0.3 is 0 Å². The summed E-state index contributed by atoms with van der Waals surface area (Å²) in [5.74, 6) is 0. The van der Waals surface area contributed by atoms with E-state index in [1.165, 1.54) is 0 Å². The van der Waals surface area contributed by atoms with Gasteiger partial charge in [0.15, 0.2) is 0 Å². The molecule has 0 amide bonds. The topological polar surface area (TPSA) is 21.7 Å². The molecule has 50 valence electrons. The Bertz CT molecular complexity index is 206. The SMILES string of the molecule is Cc1c([S-])[n+](C)nn1C. The largest absolute Gasteiger partial charge is 0.731 e. The first-order valence-corrected chi connectivity index (χ1v) is 3.10. The lowest BCUT2D eigenvalue weighted by Gasteiger charge is -1.94. The smallest absolute Gasteiger partial charge is 0.144 e. The highest BCUT2D eigenvalue weighted by Gasteiger charge is 2.04. The van der Waals surface area contributed by atoms with E-state index in [2.05, 4.69) is 5.21 Å². The van der Waals surface area contributed by atoms with Crippen molar-refractivity contribution in [2.75, 3.05) is 0 Å². The van der Waals surface area contributed by atoms with Gasteiger partial charge in [-0.3, -0.25) is 0 Å². The summed E-state index contributed by atoms with van der Waals surface area (Å²) >= 11 is 4.99. The van der Waals surface area contributed by atoms with Crippen LogP contribution in [0.3, 0.4) is 0 Å². The van der Waals surface area contributed by atoms with E-state index in [1.807, 2.05) is 21.0 Å². The Hall–Kier alpha value is -0.640. The minimum absolute atomic E-state index is 0.803. The fraction of sp³-hybridized carbons (Fsp3) is 0.600. The van der Waals surface area contributed by atoms with Crippen LogP contribution in [0.5, 0.6) is 0 Å². The van der Waals surface area contributed by atoms with Gasteiger partial charge in [-0.05, 0) is 0 Å². The molecule has 3 nitrogen and oxygen atoms in total. The van der Waals surface area contributed by atoms with Crippen molar-refractivity contribution >= 4 is 12.6 Å². The van der Waals surface area contributed by atoms with Gasteiger partial charge in [0, 0.05) is 6.92 Å². The van der Waals surface area contributed by atoms with Gasteiger partial charge in [-0.15, -0.1) is 4.68 Å². The Kier molecular flexibility index (Phi) is 1.40. The maximum absolute atomic E-state index is 4.99. The molecule has 0 saturated heterocycles. The summed E-state index contributed by atoms with van der Waals surface area (Å²) in [6.07, 6.45) is 0. The van der Waals surface area contributed by atoms with Crippen LogP contribution in [0.2, 0.25) is 0 Å². The summed E-state index contributed by atoms with van der Waals surface area (Å²) in [4.78, 5) is 0. The molecule has 0 saturated carbocycles. The monoisotopic (exact) mass is 143 g/mol. The molecule has 0 aliphatic heterocycles. The van der Waals surface area contributed by atoms with E-state index >= 15 is 0 Å². The molecule has 0 spiro atoms. The first-order chi connectivity index (χ1) is 4.13. The summed E-state index contributed by atoms with van der Waals surface area (Å²) in [6.45, 7) is 1.95. The average Bonchev–Trinajstić information content (AvgIpc) is 1.98. The number of hydrogen-bond donors (Lipinski definition) is 0. The van der Waals surface area contributed by atoms with Gasteiger partial charge in [-0.2, -0.15) is 4.68 Å². The lowest BCUT2D eigenvalue weighted by molar-refractivity contribution is -0.765. The molecule has 0 N–H and O–H groups in total. The molecule has 1 aromatic heterocycles. The number of aromatic nitrogens is 3. The van der Waals surface area contributed by atoms with Crippen LogP contribution in [0, 0.1) is 6.92 Å². The summed E-state index contributed by atoms with van der Waals surface area (Å²) in [5.41, 5.74) is 1.03. The van der Waals surface area contributed by atoms with Crippen molar-refractivity contribution < 1.29 is 4.68 Å². The van der Waals surface area contributed by atoms with E-state index < -0.39 is 0 Å². The van der Waals surface area contributed by atoms with Crippen LogP contribution in [-0.4, -0.2) is 9.90 Å². The molecule has 1 heterocycles. The molecule has 1 rings (SSSR count). The third-order valence-electron chi connectivity index (χ3n) is 1.36. The standard InChI is InChI=1S/C5H9N3S/c1-4-5(9)8(3)6-7(4)2/h1-3H3. The van der Waals surface area contributed by atoms with E-state index in [1.54, 1.807) is 9.36 Å². The third kappa shape index (κ3) is 0.896. The second kappa shape index (κ2) is 1.95. The van der Waals surface area contributed by atoms with Crippen molar-refractivity contribution in [1.82, 2.24) is 9.90 Å². The second-order valence-corrected chi connectivity index (χ2v) is 2.41. The fourth-order valence-electron chi connectivity index (χ4n) is 0.682. The van der Waals surface area contributed by atoms with Crippen LogP contribution in [0.4, 0.5) is 0 Å². The van der Waals surface area contributed by atoms with Gasteiger partial charge in [0.05, 0.1) is 10.2 Å². The van der Waals surface area contributed by atoms with Gasteiger partial charge in [0.2, 0.25) is 0 Å². The van der Waals surface area contributed by atoms with Gasteiger partial charge in [0.1, 0.15) is 19.8 Å². The molecule has 9 heavy (non-hydrogen) atoms. The predicted molar refractivity (Wildman–Crippen MR) is 34.8 cm³/mol. The minimum atomic E-state index is 0.803. The minimum Gasteiger partial charge on any atom is -0.731 e. The fourth-order valence-corrected chi connectivity index (χ4v) is 0.850. The molecule has 0 aliphatic carbocycles. The Morgan fingerprint density at radius 3 is 2.33 bits per heavy atom. The second-order valence-electron chi connectivity index (χ2n) is 2.03. The number of aryl methyl sites for hydroxylation is 2. The van der Waals surface area contributed by atoms with Crippen LogP contribution in [0.15, 0.2) is 5.03 Å². The molecule has 0 atom stereocenters. The Morgan fingerprint density at radius 1 is 1.67 bits per heavy atom. The summed E-state index contributed by atoms with van der Waals surface area (Å²) < 4.78 is 3.45. The average molecular weight is 143 g/mol. The zero-order chi connectivity index (χ0) is 7.02. The van der Waals surface area contributed by atoms with E-state index in [4.69, 9.17) is 12.6 Å². The highest BCUT2D eigenvalue weighted by Crippen LogP contribution is 1.95. The summed E-state index contributed by atoms with van der Waals surface area (Å²) in [5, 5.41) is 4.84. The molecular formula is C5H9N3S. The molecule has 0 radical (unpaired) electrons. The van der Waals surface area contributed by atoms with Crippen molar-refractivity contribution in [1.29, 1.82) is 0 Å². The molecular weight excluding hydrogens is 134 g/mol. The summed E-state index contributed by atoms with van der Waals surface area (Å²) in [6, 6.07) is 0. The Balaban J connectivity index is 3.29. The van der Waals surface area contributed by atoms with Crippen LogP contribution in [0.1, 0.15) is 5.69 Å². The Morgan fingerprint density at radius 2 is 2.22 bits per heavy atom. The van der Waals surface area contributed by atoms with Crippen LogP contribution in [0.25, 0.3) is 0 Å². The van der Waals surface area contributed by atoms with Crippen LogP contribution in [-0.2, 0) is 26.7 Å². The van der Waals surface area contributed by atoms with Crippen LogP contribution >= 0.6 is 0 Å². The zero-order valence-corrected chi connectivity index (χ0v) is 6.57. The number of hydrogen-bond acceptors (Lipinski definition) is 2. The van der Waals surface area contributed by atoms with Crippen molar-refractivity contribution in [2.45, 2.75) is 11.9 Å². The van der Waals surface area contributed by atoms with Gasteiger partial charge < -0.3 is 12.6 Å². The van der Waals surface area contributed by atoms with E-state index in [0.717, 1.165) is 10.7 Å². The van der Waals surface area contributed by atoms with E-state index in [0.29, 0.717) is 0 Å². The third-order valence-corrected chi connectivity index (χ3v) is 1.92. The summed E-state index contributed by atoms with van der Waals surface area (Å²) in [7, 11) is 3.72. The zero-order valence-electron chi connectivity index (χ0n) is 5.75. The highest BCUT2D eigenvalue weighted by molar-refractivity contribution is 7.58. The van der Waals surface area contributed by atoms with Gasteiger partial charge in [0.25, 0.3) is 0 Å². The number of rotatable bonds is 0. The lowest BCUT2D eigenvalue weighted by Crippen LogP contribution is -2.33.